The van der Waals surface area contributed by atoms with Crippen molar-refractivity contribution in [3.8, 4) is 0 Å². The average Bonchev–Trinajstić information content (AvgIpc) is 2.90. The number of anilines is 2. The lowest BCUT2D eigenvalue weighted by molar-refractivity contribution is 0.823. The second-order valence-corrected chi connectivity index (χ2v) is 6.72. The van der Waals surface area contributed by atoms with Crippen LogP contribution in [0.4, 0.5) is 11.4 Å². The van der Waals surface area contributed by atoms with E-state index < -0.39 is 0 Å². The van der Waals surface area contributed by atoms with E-state index >= 15 is 0 Å². The van der Waals surface area contributed by atoms with Crippen molar-refractivity contribution in [2.75, 3.05) is 23.3 Å². The molecule has 4 nitrogen and oxygen atoms in total. The molecule has 0 bridgehead atoms. The van der Waals surface area contributed by atoms with Gasteiger partial charge in [-0.25, -0.2) is 0 Å². The average molecular weight is 334 g/mol. The maximum atomic E-state index is 7.39. The Labute approximate surface area is 150 Å². The first-order chi connectivity index (χ1) is 12.1. The van der Waals surface area contributed by atoms with Crippen LogP contribution >= 0.6 is 0 Å². The van der Waals surface area contributed by atoms with Crippen molar-refractivity contribution in [2.24, 2.45) is 5.92 Å². The van der Waals surface area contributed by atoms with Gasteiger partial charge in [-0.2, -0.15) is 0 Å². The second kappa shape index (κ2) is 7.51. The molecule has 0 aliphatic carbocycles. The first-order valence-corrected chi connectivity index (χ1v) is 8.85. The fourth-order valence-electron chi connectivity index (χ4n) is 3.22. The van der Waals surface area contributed by atoms with Gasteiger partial charge in [-0.3, -0.25) is 4.98 Å². The van der Waals surface area contributed by atoms with E-state index in [4.69, 9.17) is 5.41 Å². The maximum absolute atomic E-state index is 7.39. The number of fused-ring (bicyclic) bond motifs is 1. The second-order valence-electron chi connectivity index (χ2n) is 6.72. The van der Waals surface area contributed by atoms with Gasteiger partial charge in [0.1, 0.15) is 0 Å². The van der Waals surface area contributed by atoms with E-state index in [1.807, 2.05) is 25.3 Å². The minimum absolute atomic E-state index is 0.198. The third kappa shape index (κ3) is 3.58. The van der Waals surface area contributed by atoms with Crippen molar-refractivity contribution < 1.29 is 0 Å². The monoisotopic (exact) mass is 334 g/mol. The largest absolute Gasteiger partial charge is 0.383 e. The molecule has 1 aromatic heterocycles. The Hall–Kier alpha value is -2.62. The number of pyridine rings is 1. The first kappa shape index (κ1) is 17.2. The van der Waals surface area contributed by atoms with Gasteiger partial charge >= 0.3 is 0 Å². The molecule has 0 amide bonds. The van der Waals surface area contributed by atoms with E-state index in [-0.39, 0.29) is 11.8 Å². The number of rotatable bonds is 7. The predicted octanol–water partition coefficient (Wildman–Crippen LogP) is 4.46. The normalized spacial score (nSPS) is 17.3. The third-order valence-electron chi connectivity index (χ3n) is 4.85. The minimum Gasteiger partial charge on any atom is -0.383 e. The standard InChI is InChI=1S/C21H26N4/c1-15(13-22)14-24-19-9-11-23-20-16(2)17(3)25(21(19)20)12-10-18-7-5-4-6-8-18/h4-9,11,13,15-16,22H,3,10,12,14H2,1-2H3,(H,23,24). The molecule has 3 rings (SSSR count). The van der Waals surface area contributed by atoms with E-state index in [1.54, 1.807) is 0 Å². The summed E-state index contributed by atoms with van der Waals surface area (Å²) in [6.45, 7) is 10.2. The summed E-state index contributed by atoms with van der Waals surface area (Å²) in [6.07, 6.45) is 4.31. The smallest absolute Gasteiger partial charge is 0.0870 e. The van der Waals surface area contributed by atoms with Gasteiger partial charge in [0.25, 0.3) is 0 Å². The first-order valence-electron chi connectivity index (χ1n) is 8.85. The third-order valence-corrected chi connectivity index (χ3v) is 4.85. The molecule has 0 spiro atoms. The molecule has 2 aromatic rings. The minimum atomic E-state index is 0.198. The van der Waals surface area contributed by atoms with Crippen LogP contribution in [-0.4, -0.2) is 24.3 Å². The quantitative estimate of drug-likeness (QED) is 0.735. The van der Waals surface area contributed by atoms with Gasteiger partial charge in [-0.05, 0) is 24.3 Å². The molecule has 25 heavy (non-hydrogen) atoms. The molecule has 2 unspecified atom stereocenters. The molecule has 0 radical (unpaired) electrons. The Morgan fingerprint density at radius 2 is 2.08 bits per heavy atom. The van der Waals surface area contributed by atoms with E-state index in [9.17, 15) is 0 Å². The van der Waals surface area contributed by atoms with Gasteiger partial charge in [0.05, 0.1) is 17.1 Å². The van der Waals surface area contributed by atoms with Gasteiger partial charge in [0, 0.05) is 36.8 Å². The van der Waals surface area contributed by atoms with Crippen LogP contribution in [0, 0.1) is 11.3 Å². The van der Waals surface area contributed by atoms with Gasteiger partial charge in [-0.15, -0.1) is 0 Å². The van der Waals surface area contributed by atoms with Crippen molar-refractivity contribution in [3.63, 3.8) is 0 Å². The molecule has 130 valence electrons. The highest BCUT2D eigenvalue weighted by Gasteiger charge is 2.32. The molecule has 4 heteroatoms. The van der Waals surface area contributed by atoms with Crippen molar-refractivity contribution in [1.82, 2.24) is 4.98 Å². The Morgan fingerprint density at radius 3 is 2.80 bits per heavy atom. The zero-order valence-corrected chi connectivity index (χ0v) is 15.0. The van der Waals surface area contributed by atoms with Crippen molar-refractivity contribution in [2.45, 2.75) is 26.2 Å². The summed E-state index contributed by atoms with van der Waals surface area (Å²) in [5.41, 5.74) is 5.75. The molecule has 1 aromatic carbocycles. The maximum Gasteiger partial charge on any atom is 0.0870 e. The summed E-state index contributed by atoms with van der Waals surface area (Å²) < 4.78 is 0. The zero-order valence-electron chi connectivity index (χ0n) is 15.0. The molecule has 1 aliphatic rings. The molecular weight excluding hydrogens is 308 g/mol. The summed E-state index contributed by atoms with van der Waals surface area (Å²) in [5, 5.41) is 10.9. The summed E-state index contributed by atoms with van der Waals surface area (Å²) in [7, 11) is 0. The van der Waals surface area contributed by atoms with Gasteiger partial charge < -0.3 is 15.6 Å². The van der Waals surface area contributed by atoms with Crippen LogP contribution in [0.3, 0.4) is 0 Å². The molecule has 0 saturated heterocycles. The van der Waals surface area contributed by atoms with Crippen LogP contribution < -0.4 is 10.2 Å². The topological polar surface area (TPSA) is 52.0 Å². The van der Waals surface area contributed by atoms with Crippen LogP contribution in [0.5, 0.6) is 0 Å². The summed E-state index contributed by atoms with van der Waals surface area (Å²) in [4.78, 5) is 6.92. The summed E-state index contributed by atoms with van der Waals surface area (Å²) in [5.74, 6) is 0.427. The lowest BCUT2D eigenvalue weighted by Crippen LogP contribution is -2.23. The highest BCUT2D eigenvalue weighted by atomic mass is 15.2. The molecule has 1 aliphatic heterocycles. The zero-order chi connectivity index (χ0) is 17.8. The van der Waals surface area contributed by atoms with Crippen molar-refractivity contribution >= 4 is 17.6 Å². The van der Waals surface area contributed by atoms with Crippen LogP contribution in [0.15, 0.2) is 54.9 Å². The molecular formula is C21H26N4. The highest BCUT2D eigenvalue weighted by molar-refractivity contribution is 5.79. The van der Waals surface area contributed by atoms with Crippen LogP contribution in [0.25, 0.3) is 0 Å². The molecule has 2 heterocycles. The summed E-state index contributed by atoms with van der Waals surface area (Å²) >= 11 is 0. The number of aromatic nitrogens is 1. The number of allylic oxidation sites excluding steroid dienone is 1. The highest BCUT2D eigenvalue weighted by Crippen LogP contribution is 2.45. The SMILES string of the molecule is C=C1C(C)c2nccc(NCC(C)C=N)c2N1CCc1ccccc1. The van der Waals surface area contributed by atoms with E-state index in [0.717, 1.165) is 42.3 Å². The van der Waals surface area contributed by atoms with Crippen LogP contribution in [0.1, 0.15) is 31.0 Å². The summed E-state index contributed by atoms with van der Waals surface area (Å²) in [6, 6.07) is 12.6. The van der Waals surface area contributed by atoms with Crippen molar-refractivity contribution in [3.05, 3.63) is 66.1 Å². The fraction of sp³-hybridized carbons (Fsp3) is 0.333. The van der Waals surface area contributed by atoms with E-state index in [1.165, 1.54) is 11.8 Å². The van der Waals surface area contributed by atoms with Gasteiger partial charge in [-0.1, -0.05) is 50.8 Å². The van der Waals surface area contributed by atoms with Gasteiger partial charge in [0.15, 0.2) is 0 Å². The van der Waals surface area contributed by atoms with Crippen molar-refractivity contribution in [1.29, 1.82) is 5.41 Å². The lowest BCUT2D eigenvalue weighted by atomic mass is 10.1. The Morgan fingerprint density at radius 1 is 1.32 bits per heavy atom. The van der Waals surface area contributed by atoms with E-state index in [0.29, 0.717) is 0 Å². The molecule has 2 atom stereocenters. The van der Waals surface area contributed by atoms with E-state index in [2.05, 4.69) is 53.0 Å². The lowest BCUT2D eigenvalue weighted by Gasteiger charge is -2.24. The fourth-order valence-corrected chi connectivity index (χ4v) is 3.22. The Balaban J connectivity index is 1.84. The number of nitrogens with one attached hydrogen (secondary N) is 2. The van der Waals surface area contributed by atoms with Crippen LogP contribution in [0.2, 0.25) is 0 Å². The Kier molecular flexibility index (Phi) is 5.17. The molecule has 0 saturated carbocycles. The van der Waals surface area contributed by atoms with Crippen LogP contribution in [-0.2, 0) is 6.42 Å². The number of hydrogen-bond acceptors (Lipinski definition) is 4. The van der Waals surface area contributed by atoms with Gasteiger partial charge in [0.2, 0.25) is 0 Å². The molecule has 0 fully saturated rings. The number of nitrogens with zero attached hydrogens (tertiary/aromatic N) is 2. The predicted molar refractivity (Wildman–Crippen MR) is 106 cm³/mol. The number of benzene rings is 1. The number of hydrogen-bond donors (Lipinski definition) is 2. The Bertz CT molecular complexity index is 754. The molecule has 2 N–H and O–H groups in total.